The van der Waals surface area contributed by atoms with E-state index in [1.54, 1.807) is 19.2 Å². The number of nitrogens with zero attached hydrogens (tertiary/aromatic N) is 3. The van der Waals surface area contributed by atoms with Crippen LogP contribution in [0.1, 0.15) is 12.0 Å². The van der Waals surface area contributed by atoms with Crippen LogP contribution < -0.4 is 15.4 Å². The van der Waals surface area contributed by atoms with Crippen LogP contribution in [0.15, 0.2) is 29.5 Å². The summed E-state index contributed by atoms with van der Waals surface area (Å²) in [6, 6.07) is 3.20. The number of rotatable bonds is 8. The summed E-state index contributed by atoms with van der Waals surface area (Å²) in [5.74, 6) is 1.15. The van der Waals surface area contributed by atoms with Crippen molar-refractivity contribution < 1.29 is 4.74 Å². The maximum atomic E-state index is 6.08. The molecule has 2 aromatic rings. The second kappa shape index (κ2) is 12.5. The van der Waals surface area contributed by atoms with E-state index in [1.165, 1.54) is 5.56 Å². The number of aliphatic imine (C=N–C) groups is 1. The molecule has 2 N–H and O–H groups in total. The van der Waals surface area contributed by atoms with Gasteiger partial charge in [0.15, 0.2) is 11.7 Å². The highest BCUT2D eigenvalue weighted by molar-refractivity contribution is 14.0. The second-order valence-electron chi connectivity index (χ2n) is 5.60. The topological polar surface area (TPSA) is 63.5 Å². The van der Waals surface area contributed by atoms with Crippen molar-refractivity contribution >= 4 is 64.7 Å². The Balaban J connectivity index is 0.00000364. The number of nitrogens with one attached hydrogen (secondary N) is 2. The maximum absolute atomic E-state index is 6.08. The van der Waals surface area contributed by atoms with Gasteiger partial charge in [0, 0.05) is 31.9 Å². The van der Waals surface area contributed by atoms with Crippen molar-refractivity contribution in [2.45, 2.75) is 12.8 Å². The molecule has 0 fully saturated rings. The van der Waals surface area contributed by atoms with Crippen LogP contribution in [-0.2, 0) is 13.5 Å². The third-order valence-electron chi connectivity index (χ3n) is 3.52. The lowest BCUT2D eigenvalue weighted by Gasteiger charge is -2.13. The minimum Gasteiger partial charge on any atom is -0.489 e. The van der Waals surface area contributed by atoms with Crippen molar-refractivity contribution in [3.8, 4) is 5.75 Å². The third-order valence-corrected chi connectivity index (χ3v) is 4.30. The van der Waals surface area contributed by atoms with Gasteiger partial charge in [0.05, 0.1) is 22.8 Å². The highest BCUT2D eigenvalue weighted by Gasteiger charge is 2.09. The Morgan fingerprint density at radius 1 is 1.19 bits per heavy atom. The van der Waals surface area contributed by atoms with Crippen LogP contribution in [0.25, 0.3) is 0 Å². The minimum absolute atomic E-state index is 0. The average Bonchev–Trinajstić information content (AvgIpc) is 3.00. The Kier molecular flexibility index (Phi) is 11.2. The van der Waals surface area contributed by atoms with Crippen LogP contribution >= 0.6 is 58.8 Å². The largest absolute Gasteiger partial charge is 0.489 e. The average molecular weight is 547 g/mol. The van der Waals surface area contributed by atoms with E-state index in [1.807, 2.05) is 24.1 Å². The zero-order chi connectivity index (χ0) is 18.9. The Morgan fingerprint density at radius 3 is 2.44 bits per heavy atom. The van der Waals surface area contributed by atoms with Crippen LogP contribution in [0.5, 0.6) is 5.75 Å². The summed E-state index contributed by atoms with van der Waals surface area (Å²) >= 11 is 18.0. The molecule has 0 saturated heterocycles. The number of ether oxygens (including phenoxy) is 1. The van der Waals surface area contributed by atoms with Crippen molar-refractivity contribution in [1.82, 2.24) is 20.4 Å². The number of benzene rings is 1. The van der Waals surface area contributed by atoms with Crippen molar-refractivity contribution in [2.24, 2.45) is 12.0 Å². The van der Waals surface area contributed by atoms with Gasteiger partial charge < -0.3 is 15.4 Å². The van der Waals surface area contributed by atoms with E-state index in [4.69, 9.17) is 39.5 Å². The lowest BCUT2D eigenvalue weighted by Crippen LogP contribution is -2.39. The van der Waals surface area contributed by atoms with Gasteiger partial charge in [-0.1, -0.05) is 34.8 Å². The van der Waals surface area contributed by atoms with Crippen LogP contribution in [0.3, 0.4) is 0 Å². The summed E-state index contributed by atoms with van der Waals surface area (Å²) in [5, 5.41) is 11.9. The minimum atomic E-state index is 0. The van der Waals surface area contributed by atoms with Crippen molar-refractivity contribution in [1.29, 1.82) is 0 Å². The van der Waals surface area contributed by atoms with E-state index in [-0.39, 0.29) is 24.0 Å². The summed E-state index contributed by atoms with van der Waals surface area (Å²) in [7, 11) is 3.64. The number of halogens is 4. The normalized spacial score (nSPS) is 11.1. The summed E-state index contributed by atoms with van der Waals surface area (Å²) in [4.78, 5) is 4.18. The van der Waals surface area contributed by atoms with Gasteiger partial charge in [-0.3, -0.25) is 9.67 Å². The fraction of sp³-hybridized carbons (Fsp3) is 0.412. The molecule has 150 valence electrons. The smallest absolute Gasteiger partial charge is 0.191 e. The monoisotopic (exact) mass is 545 g/mol. The van der Waals surface area contributed by atoms with Gasteiger partial charge in [0.2, 0.25) is 0 Å². The molecule has 1 aromatic heterocycles. The second-order valence-corrected chi connectivity index (χ2v) is 6.85. The van der Waals surface area contributed by atoms with E-state index in [9.17, 15) is 0 Å². The fourth-order valence-electron chi connectivity index (χ4n) is 2.31. The molecule has 0 amide bonds. The lowest BCUT2D eigenvalue weighted by molar-refractivity contribution is 0.322. The molecule has 0 aliphatic heterocycles. The van der Waals surface area contributed by atoms with Gasteiger partial charge in [-0.05, 0) is 30.5 Å². The van der Waals surface area contributed by atoms with E-state index >= 15 is 0 Å². The summed E-state index contributed by atoms with van der Waals surface area (Å²) < 4.78 is 7.43. The van der Waals surface area contributed by atoms with Gasteiger partial charge >= 0.3 is 0 Å². The van der Waals surface area contributed by atoms with E-state index in [2.05, 4.69) is 20.7 Å². The number of aryl methyl sites for hydroxylation is 2. The molecule has 0 bridgehead atoms. The van der Waals surface area contributed by atoms with E-state index in [0.29, 0.717) is 39.9 Å². The third kappa shape index (κ3) is 8.33. The van der Waals surface area contributed by atoms with Gasteiger partial charge in [-0.15, -0.1) is 24.0 Å². The zero-order valence-corrected chi connectivity index (χ0v) is 19.7. The lowest BCUT2D eigenvalue weighted by atomic mass is 10.2. The molecule has 0 aliphatic rings. The van der Waals surface area contributed by atoms with E-state index < -0.39 is 0 Å². The molecule has 0 spiro atoms. The first-order valence-electron chi connectivity index (χ1n) is 8.19. The first-order valence-corrected chi connectivity index (χ1v) is 9.32. The zero-order valence-electron chi connectivity index (χ0n) is 15.1. The van der Waals surface area contributed by atoms with Gasteiger partial charge in [0.1, 0.15) is 6.61 Å². The first kappa shape index (κ1) is 24.1. The Morgan fingerprint density at radius 2 is 1.85 bits per heavy atom. The summed E-state index contributed by atoms with van der Waals surface area (Å²) in [6.07, 6.45) is 5.86. The number of hydrogen-bond donors (Lipinski definition) is 2. The van der Waals surface area contributed by atoms with E-state index in [0.717, 1.165) is 19.4 Å². The molecule has 27 heavy (non-hydrogen) atoms. The number of guanidine groups is 1. The highest BCUT2D eigenvalue weighted by Crippen LogP contribution is 2.35. The SMILES string of the molecule is CN=C(NCCCc1cnn(C)c1)NCCOc1c(Cl)cc(Cl)cc1Cl.I. The molecular weight excluding hydrogens is 523 g/mol. The van der Waals surface area contributed by atoms with Gasteiger partial charge in [0.25, 0.3) is 0 Å². The van der Waals surface area contributed by atoms with Gasteiger partial charge in [-0.25, -0.2) is 0 Å². The quantitative estimate of drug-likeness (QED) is 0.226. The molecule has 10 heteroatoms. The standard InChI is InChI=1S/C17H22Cl3N5O.HI/c1-21-17(22-5-3-4-12-10-24-25(2)11-12)23-6-7-26-16-14(19)8-13(18)9-15(16)20;/h8-11H,3-7H2,1-2H3,(H2,21,22,23);1H. The molecule has 0 aliphatic carbocycles. The van der Waals surface area contributed by atoms with Crippen LogP contribution in [0, 0.1) is 0 Å². The van der Waals surface area contributed by atoms with Crippen LogP contribution in [0.4, 0.5) is 0 Å². The molecule has 0 radical (unpaired) electrons. The Labute approximate surface area is 191 Å². The summed E-state index contributed by atoms with van der Waals surface area (Å²) in [5.41, 5.74) is 1.22. The van der Waals surface area contributed by atoms with Crippen molar-refractivity contribution in [3.63, 3.8) is 0 Å². The number of aromatic nitrogens is 2. The molecule has 0 unspecified atom stereocenters. The first-order chi connectivity index (χ1) is 12.5. The Hall–Kier alpha value is -0.900. The molecule has 0 atom stereocenters. The molecule has 6 nitrogen and oxygen atoms in total. The molecule has 2 rings (SSSR count). The number of hydrogen-bond acceptors (Lipinski definition) is 3. The maximum Gasteiger partial charge on any atom is 0.191 e. The predicted molar refractivity (Wildman–Crippen MR) is 123 cm³/mol. The summed E-state index contributed by atoms with van der Waals surface area (Å²) in [6.45, 7) is 1.75. The van der Waals surface area contributed by atoms with Crippen LogP contribution in [-0.4, -0.2) is 42.5 Å². The van der Waals surface area contributed by atoms with Crippen LogP contribution in [0.2, 0.25) is 15.1 Å². The van der Waals surface area contributed by atoms with Gasteiger partial charge in [-0.2, -0.15) is 5.10 Å². The molecular formula is C17H23Cl3IN5O. The molecule has 1 aromatic carbocycles. The highest BCUT2D eigenvalue weighted by atomic mass is 127. The predicted octanol–water partition coefficient (Wildman–Crippen LogP) is 4.17. The molecule has 0 saturated carbocycles. The molecule has 1 heterocycles. The Bertz CT molecular complexity index is 731. The fourth-order valence-corrected chi connectivity index (χ4v) is 3.24. The van der Waals surface area contributed by atoms with Crippen molar-refractivity contribution in [2.75, 3.05) is 26.7 Å². The van der Waals surface area contributed by atoms with Crippen molar-refractivity contribution in [3.05, 3.63) is 45.2 Å².